The van der Waals surface area contributed by atoms with Crippen LogP contribution in [0.25, 0.3) is 0 Å². The van der Waals surface area contributed by atoms with Gasteiger partial charge >= 0.3 is 6.03 Å². The van der Waals surface area contributed by atoms with Crippen molar-refractivity contribution in [2.45, 2.75) is 57.2 Å². The molecule has 0 spiro atoms. The van der Waals surface area contributed by atoms with Crippen molar-refractivity contribution in [3.63, 3.8) is 0 Å². The van der Waals surface area contributed by atoms with Gasteiger partial charge in [-0.15, -0.1) is 0 Å². The smallest absolute Gasteiger partial charge is 0.315 e. The zero-order valence-corrected chi connectivity index (χ0v) is 13.3. The lowest BCUT2D eigenvalue weighted by Gasteiger charge is -2.27. The maximum atomic E-state index is 12.1. The van der Waals surface area contributed by atoms with Gasteiger partial charge in [-0.3, -0.25) is 0 Å². The van der Waals surface area contributed by atoms with E-state index in [0.29, 0.717) is 12.4 Å². The molecule has 22 heavy (non-hydrogen) atoms. The minimum atomic E-state index is -0.306. The van der Waals surface area contributed by atoms with Gasteiger partial charge in [-0.1, -0.05) is 6.92 Å². The molecule has 2 rings (SSSR count). The van der Waals surface area contributed by atoms with E-state index < -0.39 is 0 Å². The number of carbonyl (C=O) groups excluding carboxylic acids is 1. The molecule has 1 aromatic heterocycles. The predicted molar refractivity (Wildman–Crippen MR) is 82.6 cm³/mol. The first-order valence-corrected chi connectivity index (χ1v) is 7.95. The number of nitrogens with one attached hydrogen (secondary N) is 2. The Labute approximate surface area is 131 Å². The second-order valence-corrected chi connectivity index (χ2v) is 5.79. The van der Waals surface area contributed by atoms with Gasteiger partial charge in [0.2, 0.25) is 0 Å². The SMILES string of the molecule is CCc1ccc(C(COC)NC(=O)NC2CCC(O)CC2)o1. The topological polar surface area (TPSA) is 83.7 Å². The van der Waals surface area contributed by atoms with Crippen LogP contribution in [0.15, 0.2) is 16.5 Å². The fraction of sp³-hybridized carbons (Fsp3) is 0.688. The lowest BCUT2D eigenvalue weighted by molar-refractivity contribution is 0.116. The number of rotatable bonds is 6. The number of urea groups is 1. The Morgan fingerprint density at radius 3 is 2.73 bits per heavy atom. The first kappa shape index (κ1) is 16.8. The van der Waals surface area contributed by atoms with E-state index in [0.717, 1.165) is 37.9 Å². The van der Waals surface area contributed by atoms with Gasteiger partial charge in [0.15, 0.2) is 0 Å². The van der Waals surface area contributed by atoms with E-state index in [4.69, 9.17) is 9.15 Å². The number of ether oxygens (including phenoxy) is 1. The molecule has 1 aliphatic rings. The Morgan fingerprint density at radius 1 is 1.41 bits per heavy atom. The van der Waals surface area contributed by atoms with Gasteiger partial charge in [-0.2, -0.15) is 0 Å². The highest BCUT2D eigenvalue weighted by molar-refractivity contribution is 5.74. The number of carbonyl (C=O) groups is 1. The summed E-state index contributed by atoms with van der Waals surface area (Å²) in [6.07, 6.45) is 3.69. The summed E-state index contributed by atoms with van der Waals surface area (Å²) in [5.41, 5.74) is 0. The number of aliphatic hydroxyl groups excluding tert-OH is 1. The maximum absolute atomic E-state index is 12.1. The van der Waals surface area contributed by atoms with Crippen molar-refractivity contribution in [1.82, 2.24) is 10.6 Å². The van der Waals surface area contributed by atoms with Crippen LogP contribution < -0.4 is 10.6 Å². The zero-order chi connectivity index (χ0) is 15.9. The van der Waals surface area contributed by atoms with E-state index >= 15 is 0 Å². The molecule has 124 valence electrons. The van der Waals surface area contributed by atoms with E-state index in [1.807, 2.05) is 19.1 Å². The van der Waals surface area contributed by atoms with Crippen molar-refractivity contribution in [3.05, 3.63) is 23.7 Å². The summed E-state index contributed by atoms with van der Waals surface area (Å²) in [7, 11) is 1.60. The molecule has 1 atom stereocenters. The van der Waals surface area contributed by atoms with Gasteiger partial charge in [0.1, 0.15) is 17.6 Å². The van der Waals surface area contributed by atoms with Crippen molar-refractivity contribution in [2.75, 3.05) is 13.7 Å². The lowest BCUT2D eigenvalue weighted by Crippen LogP contribution is -2.45. The van der Waals surface area contributed by atoms with E-state index in [9.17, 15) is 9.90 Å². The molecule has 0 saturated heterocycles. The van der Waals surface area contributed by atoms with Crippen molar-refractivity contribution < 1.29 is 19.1 Å². The van der Waals surface area contributed by atoms with Crippen LogP contribution in [-0.2, 0) is 11.2 Å². The Kier molecular flexibility index (Phi) is 6.27. The molecule has 1 aromatic rings. The summed E-state index contributed by atoms with van der Waals surface area (Å²) in [6.45, 7) is 2.37. The highest BCUT2D eigenvalue weighted by Gasteiger charge is 2.23. The molecule has 2 amide bonds. The van der Waals surface area contributed by atoms with Gasteiger partial charge in [0, 0.05) is 19.6 Å². The number of aryl methyl sites for hydroxylation is 1. The van der Waals surface area contributed by atoms with Crippen LogP contribution >= 0.6 is 0 Å². The third-order valence-electron chi connectivity index (χ3n) is 4.04. The van der Waals surface area contributed by atoms with Crippen LogP contribution in [0.3, 0.4) is 0 Å². The molecule has 1 aliphatic carbocycles. The van der Waals surface area contributed by atoms with Crippen LogP contribution in [0, 0.1) is 0 Å². The highest BCUT2D eigenvalue weighted by atomic mass is 16.5. The predicted octanol–water partition coefficient (Wildman–Crippen LogP) is 2.13. The maximum Gasteiger partial charge on any atom is 0.315 e. The van der Waals surface area contributed by atoms with Gasteiger partial charge in [0.05, 0.1) is 12.7 Å². The Hall–Kier alpha value is -1.53. The van der Waals surface area contributed by atoms with Crippen molar-refractivity contribution in [1.29, 1.82) is 0 Å². The zero-order valence-electron chi connectivity index (χ0n) is 13.3. The number of hydrogen-bond donors (Lipinski definition) is 3. The van der Waals surface area contributed by atoms with Crippen molar-refractivity contribution in [2.24, 2.45) is 0 Å². The average molecular weight is 310 g/mol. The molecule has 1 heterocycles. The van der Waals surface area contributed by atoms with Crippen LogP contribution in [-0.4, -0.2) is 37.0 Å². The summed E-state index contributed by atoms with van der Waals surface area (Å²) in [4.78, 5) is 12.1. The molecule has 0 aliphatic heterocycles. The van der Waals surface area contributed by atoms with Crippen LogP contribution in [0.1, 0.15) is 50.2 Å². The quantitative estimate of drug-likeness (QED) is 0.751. The number of hydrogen-bond acceptors (Lipinski definition) is 4. The third-order valence-corrected chi connectivity index (χ3v) is 4.04. The van der Waals surface area contributed by atoms with Gasteiger partial charge < -0.3 is 24.9 Å². The summed E-state index contributed by atoms with van der Waals surface area (Å²) < 4.78 is 10.9. The molecule has 6 heteroatoms. The molecular weight excluding hydrogens is 284 g/mol. The molecular formula is C16H26N2O4. The van der Waals surface area contributed by atoms with Crippen LogP contribution in [0.2, 0.25) is 0 Å². The number of methoxy groups -OCH3 is 1. The van der Waals surface area contributed by atoms with Crippen molar-refractivity contribution in [3.8, 4) is 0 Å². The average Bonchev–Trinajstić information content (AvgIpc) is 2.98. The minimum Gasteiger partial charge on any atom is -0.464 e. The first-order chi connectivity index (χ1) is 10.6. The lowest BCUT2D eigenvalue weighted by atomic mass is 9.93. The fourth-order valence-electron chi connectivity index (χ4n) is 2.74. The normalized spacial score (nSPS) is 23.0. The van der Waals surface area contributed by atoms with E-state index in [2.05, 4.69) is 10.6 Å². The summed E-state index contributed by atoms with van der Waals surface area (Å²) >= 11 is 0. The molecule has 0 bridgehead atoms. The minimum absolute atomic E-state index is 0.120. The second kappa shape index (κ2) is 8.19. The van der Waals surface area contributed by atoms with E-state index in [1.54, 1.807) is 7.11 Å². The standard InChI is InChI=1S/C16H26N2O4/c1-3-13-8-9-15(22-13)14(10-21-2)18-16(20)17-11-4-6-12(19)7-5-11/h8-9,11-12,14,19H,3-7,10H2,1-2H3,(H2,17,18,20). The Balaban J connectivity index is 1.88. The van der Waals surface area contributed by atoms with Crippen LogP contribution in [0.5, 0.6) is 0 Å². The summed E-state index contributed by atoms with van der Waals surface area (Å²) in [5.74, 6) is 1.59. The first-order valence-electron chi connectivity index (χ1n) is 7.95. The Morgan fingerprint density at radius 2 is 2.14 bits per heavy atom. The summed E-state index contributed by atoms with van der Waals surface area (Å²) in [6, 6.07) is 3.38. The molecule has 1 fully saturated rings. The van der Waals surface area contributed by atoms with Gasteiger partial charge in [-0.05, 0) is 37.8 Å². The molecule has 1 saturated carbocycles. The van der Waals surface area contributed by atoms with E-state index in [1.165, 1.54) is 0 Å². The third kappa shape index (κ3) is 4.74. The second-order valence-electron chi connectivity index (χ2n) is 5.79. The van der Waals surface area contributed by atoms with E-state index in [-0.39, 0.29) is 24.2 Å². The molecule has 1 unspecified atom stereocenters. The van der Waals surface area contributed by atoms with Gasteiger partial charge in [0.25, 0.3) is 0 Å². The van der Waals surface area contributed by atoms with Crippen molar-refractivity contribution >= 4 is 6.03 Å². The number of aliphatic hydroxyl groups is 1. The molecule has 0 aromatic carbocycles. The summed E-state index contributed by atoms with van der Waals surface area (Å²) in [5, 5.41) is 15.4. The largest absolute Gasteiger partial charge is 0.464 e. The molecule has 6 nitrogen and oxygen atoms in total. The Bertz CT molecular complexity index is 466. The number of furan rings is 1. The molecule has 3 N–H and O–H groups in total. The number of amides is 2. The monoisotopic (exact) mass is 310 g/mol. The molecule has 0 radical (unpaired) electrons. The van der Waals surface area contributed by atoms with Crippen LogP contribution in [0.4, 0.5) is 4.79 Å². The highest BCUT2D eigenvalue weighted by Crippen LogP contribution is 2.19. The van der Waals surface area contributed by atoms with Gasteiger partial charge in [-0.25, -0.2) is 4.79 Å². The fourth-order valence-corrected chi connectivity index (χ4v) is 2.74.